The maximum atomic E-state index is 3.41. The van der Waals surface area contributed by atoms with Gasteiger partial charge in [0.25, 0.3) is 0 Å². The van der Waals surface area contributed by atoms with Gasteiger partial charge in [0, 0.05) is 47.9 Å². The van der Waals surface area contributed by atoms with Crippen LogP contribution in [0.25, 0.3) is 0 Å². The zero-order valence-electron chi connectivity index (χ0n) is 5.36. The molecule has 0 aromatic heterocycles. The van der Waals surface area contributed by atoms with Crippen molar-refractivity contribution in [3.05, 3.63) is 0 Å². The highest BCUT2D eigenvalue weighted by Crippen LogP contribution is 2.37. The maximum absolute atomic E-state index is 3.41. The van der Waals surface area contributed by atoms with Crippen molar-refractivity contribution in [3.63, 3.8) is 0 Å². The molecule has 1 N–H and O–H groups in total. The van der Waals surface area contributed by atoms with Gasteiger partial charge in [-0.05, 0) is 13.0 Å². The minimum atomic E-state index is 0.696. The van der Waals surface area contributed by atoms with E-state index < -0.39 is 0 Å². The lowest BCUT2D eigenvalue weighted by molar-refractivity contribution is 0.120. The maximum Gasteiger partial charge on any atom is 0.0202 e. The molecule has 0 aliphatic carbocycles. The van der Waals surface area contributed by atoms with Gasteiger partial charge in [0.2, 0.25) is 0 Å². The largest absolute Gasteiger partial charge is 0.316 e. The van der Waals surface area contributed by atoms with Gasteiger partial charge in [0.15, 0.2) is 0 Å². The van der Waals surface area contributed by atoms with Gasteiger partial charge in [0.1, 0.15) is 0 Å². The lowest BCUT2D eigenvalue weighted by Crippen LogP contribution is -2.52. The second kappa shape index (κ2) is 2.07. The van der Waals surface area contributed by atoms with Crippen molar-refractivity contribution in [3.8, 4) is 0 Å². The first-order valence-electron chi connectivity index (χ1n) is 3.42. The Kier molecular flexibility index (Phi) is 1.46. The Morgan fingerprint density at radius 2 is 2.22 bits per heavy atom. The van der Waals surface area contributed by atoms with Gasteiger partial charge in [-0.25, -0.2) is 3.11 Å². The molecular weight excluding hydrogens is 227 g/mol. The predicted molar refractivity (Wildman–Crippen MR) is 45.5 cm³/mol. The molecule has 2 heterocycles. The number of hydrogen-bond acceptors (Lipinski definition) is 2. The Morgan fingerprint density at radius 1 is 1.44 bits per heavy atom. The van der Waals surface area contributed by atoms with E-state index in [0.29, 0.717) is 5.41 Å². The molecule has 2 rings (SSSR count). The monoisotopic (exact) mass is 238 g/mol. The van der Waals surface area contributed by atoms with E-state index in [4.69, 9.17) is 0 Å². The highest BCUT2D eigenvalue weighted by Gasteiger charge is 2.43. The fraction of sp³-hybridized carbons (Fsp3) is 1.00. The van der Waals surface area contributed by atoms with Crippen LogP contribution in [0.1, 0.15) is 6.42 Å². The van der Waals surface area contributed by atoms with Crippen LogP contribution in [0.2, 0.25) is 0 Å². The molecule has 2 aliphatic rings. The lowest BCUT2D eigenvalue weighted by atomic mass is 9.81. The fourth-order valence-electron chi connectivity index (χ4n) is 1.75. The minimum absolute atomic E-state index is 0.696. The van der Waals surface area contributed by atoms with E-state index in [1.807, 2.05) is 0 Å². The number of nitrogens with zero attached hydrogens (tertiary/aromatic N) is 1. The Bertz CT molecular complexity index is 112. The molecule has 52 valence electrons. The van der Waals surface area contributed by atoms with Crippen LogP contribution in [0.5, 0.6) is 0 Å². The first-order chi connectivity index (χ1) is 4.31. The topological polar surface area (TPSA) is 15.3 Å². The van der Waals surface area contributed by atoms with Crippen molar-refractivity contribution in [2.24, 2.45) is 5.41 Å². The average Bonchev–Trinajstić information content (AvgIpc) is 2.12. The van der Waals surface area contributed by atoms with Gasteiger partial charge in [-0.15, -0.1) is 0 Å². The average molecular weight is 238 g/mol. The van der Waals surface area contributed by atoms with Crippen molar-refractivity contribution >= 4 is 22.9 Å². The van der Waals surface area contributed by atoms with Crippen molar-refractivity contribution in [2.45, 2.75) is 6.42 Å². The van der Waals surface area contributed by atoms with Gasteiger partial charge >= 0.3 is 0 Å². The molecule has 0 amide bonds. The second-order valence-corrected chi connectivity index (χ2v) is 4.57. The van der Waals surface area contributed by atoms with E-state index in [2.05, 4.69) is 31.3 Å². The SMILES string of the molecule is IN1CC2(CCNC2)C1. The van der Waals surface area contributed by atoms with E-state index in [9.17, 15) is 0 Å². The second-order valence-electron chi connectivity index (χ2n) is 3.21. The van der Waals surface area contributed by atoms with E-state index >= 15 is 0 Å². The number of rotatable bonds is 0. The Hall–Kier alpha value is 0.650. The molecule has 1 spiro atoms. The van der Waals surface area contributed by atoms with E-state index in [-0.39, 0.29) is 0 Å². The summed E-state index contributed by atoms with van der Waals surface area (Å²) in [5.74, 6) is 0. The molecule has 3 heteroatoms. The van der Waals surface area contributed by atoms with Crippen LogP contribution in [-0.4, -0.2) is 29.3 Å². The molecule has 2 aliphatic heterocycles. The molecule has 0 aromatic carbocycles. The summed E-state index contributed by atoms with van der Waals surface area (Å²) in [6.45, 7) is 5.11. The number of hydrogen-bond donors (Lipinski definition) is 1. The molecule has 2 fully saturated rings. The molecule has 0 unspecified atom stereocenters. The Balaban J connectivity index is 1.95. The molecule has 0 atom stereocenters. The molecular formula is C6H11IN2. The molecule has 0 bridgehead atoms. The van der Waals surface area contributed by atoms with Gasteiger partial charge < -0.3 is 5.32 Å². The third kappa shape index (κ3) is 0.991. The van der Waals surface area contributed by atoms with Crippen molar-refractivity contribution in [1.29, 1.82) is 0 Å². The fourth-order valence-corrected chi connectivity index (χ4v) is 3.19. The Labute approximate surface area is 69.5 Å². The van der Waals surface area contributed by atoms with Crippen LogP contribution in [-0.2, 0) is 0 Å². The lowest BCUT2D eigenvalue weighted by Gasteiger charge is -2.44. The van der Waals surface area contributed by atoms with Crippen molar-refractivity contribution < 1.29 is 0 Å². The molecule has 0 saturated carbocycles. The van der Waals surface area contributed by atoms with E-state index in [1.165, 1.54) is 32.6 Å². The standard InChI is InChI=1S/C6H11IN2/c7-9-4-6(5-9)1-2-8-3-6/h8H,1-5H2. The van der Waals surface area contributed by atoms with E-state index in [0.717, 1.165) is 0 Å². The normalized spacial score (nSPS) is 33.0. The molecule has 2 nitrogen and oxygen atoms in total. The molecule has 0 aromatic rings. The van der Waals surface area contributed by atoms with Crippen LogP contribution in [0.4, 0.5) is 0 Å². The van der Waals surface area contributed by atoms with Crippen LogP contribution < -0.4 is 5.32 Å². The number of halogens is 1. The molecule has 9 heavy (non-hydrogen) atoms. The smallest absolute Gasteiger partial charge is 0.0202 e. The molecule has 0 radical (unpaired) electrons. The predicted octanol–water partition coefficient (Wildman–Crippen LogP) is 0.632. The Morgan fingerprint density at radius 3 is 2.67 bits per heavy atom. The van der Waals surface area contributed by atoms with Crippen LogP contribution in [0.3, 0.4) is 0 Å². The van der Waals surface area contributed by atoms with E-state index in [1.54, 1.807) is 0 Å². The van der Waals surface area contributed by atoms with Gasteiger partial charge in [-0.3, -0.25) is 0 Å². The van der Waals surface area contributed by atoms with Crippen LogP contribution in [0.15, 0.2) is 0 Å². The number of nitrogens with one attached hydrogen (secondary N) is 1. The summed E-state index contributed by atoms with van der Waals surface area (Å²) in [7, 11) is 0. The third-order valence-electron chi connectivity index (χ3n) is 2.35. The van der Waals surface area contributed by atoms with Crippen molar-refractivity contribution in [2.75, 3.05) is 26.2 Å². The van der Waals surface area contributed by atoms with Gasteiger partial charge in [-0.1, -0.05) is 0 Å². The first-order valence-corrected chi connectivity index (χ1v) is 4.39. The quantitative estimate of drug-likeness (QED) is 0.492. The van der Waals surface area contributed by atoms with Crippen LogP contribution >= 0.6 is 22.9 Å². The summed E-state index contributed by atoms with van der Waals surface area (Å²) in [4.78, 5) is 0. The minimum Gasteiger partial charge on any atom is -0.316 e. The van der Waals surface area contributed by atoms with Gasteiger partial charge in [0.05, 0.1) is 0 Å². The summed E-state index contributed by atoms with van der Waals surface area (Å²) in [5, 5.41) is 3.41. The van der Waals surface area contributed by atoms with Crippen LogP contribution in [0, 0.1) is 5.41 Å². The van der Waals surface area contributed by atoms with Gasteiger partial charge in [-0.2, -0.15) is 0 Å². The summed E-state index contributed by atoms with van der Waals surface area (Å²) in [6, 6.07) is 0. The molecule has 2 saturated heterocycles. The summed E-state index contributed by atoms with van der Waals surface area (Å²) < 4.78 is 2.37. The highest BCUT2D eigenvalue weighted by molar-refractivity contribution is 14.1. The summed E-state index contributed by atoms with van der Waals surface area (Å²) in [5.41, 5.74) is 0.696. The summed E-state index contributed by atoms with van der Waals surface area (Å²) in [6.07, 6.45) is 1.40. The highest BCUT2D eigenvalue weighted by atomic mass is 127. The third-order valence-corrected chi connectivity index (χ3v) is 3.03. The zero-order chi connectivity index (χ0) is 6.32. The zero-order valence-corrected chi connectivity index (χ0v) is 7.52. The summed E-state index contributed by atoms with van der Waals surface area (Å²) >= 11 is 2.40. The first kappa shape index (κ1) is 6.37. The van der Waals surface area contributed by atoms with Crippen molar-refractivity contribution in [1.82, 2.24) is 8.43 Å².